The molecule has 1 saturated heterocycles. The van der Waals surface area contributed by atoms with Crippen LogP contribution in [-0.4, -0.2) is 63.2 Å². The molecule has 0 saturated carbocycles. The van der Waals surface area contributed by atoms with Crippen LogP contribution in [0.15, 0.2) is 42.7 Å². The van der Waals surface area contributed by atoms with E-state index in [-0.39, 0.29) is 5.91 Å². The monoisotopic (exact) mass is 392 g/mol. The summed E-state index contributed by atoms with van der Waals surface area (Å²) in [5.74, 6) is 2.41. The molecule has 8 heteroatoms. The van der Waals surface area contributed by atoms with Crippen molar-refractivity contribution in [1.82, 2.24) is 24.5 Å². The molecule has 0 unspecified atom stereocenters. The van der Waals surface area contributed by atoms with Crippen molar-refractivity contribution in [3.63, 3.8) is 0 Å². The van der Waals surface area contributed by atoms with E-state index in [0.29, 0.717) is 25.5 Å². The molecule has 2 aromatic heterocycles. The molecule has 8 nitrogen and oxygen atoms in total. The summed E-state index contributed by atoms with van der Waals surface area (Å²) in [6.45, 7) is 7.33. The van der Waals surface area contributed by atoms with Gasteiger partial charge in [0.2, 0.25) is 5.91 Å². The van der Waals surface area contributed by atoms with E-state index < -0.39 is 0 Å². The summed E-state index contributed by atoms with van der Waals surface area (Å²) in [6, 6.07) is 9.72. The lowest BCUT2D eigenvalue weighted by Crippen LogP contribution is -2.48. The highest BCUT2D eigenvalue weighted by atomic mass is 16.5. The number of benzene rings is 1. The van der Waals surface area contributed by atoms with Crippen molar-refractivity contribution in [2.24, 2.45) is 0 Å². The topological polar surface area (TPSA) is 75.9 Å². The summed E-state index contributed by atoms with van der Waals surface area (Å²) < 4.78 is 7.19. The van der Waals surface area contributed by atoms with Gasteiger partial charge < -0.3 is 14.5 Å². The molecule has 0 aliphatic carbocycles. The zero-order valence-electron chi connectivity index (χ0n) is 16.7. The third-order valence-corrected chi connectivity index (χ3v) is 4.89. The van der Waals surface area contributed by atoms with Gasteiger partial charge in [-0.05, 0) is 37.6 Å². The molecule has 0 spiro atoms. The maximum atomic E-state index is 12.6. The number of carbonyl (C=O) groups excluding carboxylic acids is 1. The molecule has 150 valence electrons. The van der Waals surface area contributed by atoms with Gasteiger partial charge in [0.25, 0.3) is 5.78 Å². The minimum absolute atomic E-state index is 0.0235. The van der Waals surface area contributed by atoms with Gasteiger partial charge in [0.15, 0.2) is 0 Å². The van der Waals surface area contributed by atoms with Gasteiger partial charge in [-0.2, -0.15) is 14.6 Å². The van der Waals surface area contributed by atoms with Gasteiger partial charge in [0.1, 0.15) is 17.9 Å². The first-order valence-corrected chi connectivity index (χ1v) is 9.76. The molecule has 1 fully saturated rings. The van der Waals surface area contributed by atoms with E-state index >= 15 is 0 Å². The predicted octanol–water partition coefficient (Wildman–Crippen LogP) is 2.19. The SMILES string of the molecule is CCOc1ccc(/C=C/C(=O)N2CCN(c3cc(C)nc4ncnn34)CC2)cc1. The van der Waals surface area contributed by atoms with E-state index in [1.807, 2.05) is 55.2 Å². The van der Waals surface area contributed by atoms with Crippen LogP contribution in [0.25, 0.3) is 11.9 Å². The Labute approximate surface area is 169 Å². The van der Waals surface area contributed by atoms with Crippen LogP contribution >= 0.6 is 0 Å². The molecule has 0 bridgehead atoms. The molecular weight excluding hydrogens is 368 g/mol. The lowest BCUT2D eigenvalue weighted by Gasteiger charge is -2.35. The van der Waals surface area contributed by atoms with Crippen molar-refractivity contribution in [3.05, 3.63) is 54.0 Å². The molecule has 0 radical (unpaired) electrons. The van der Waals surface area contributed by atoms with Gasteiger partial charge in [0, 0.05) is 44.0 Å². The van der Waals surface area contributed by atoms with E-state index in [1.165, 1.54) is 6.33 Å². The van der Waals surface area contributed by atoms with Crippen LogP contribution in [0, 0.1) is 6.92 Å². The number of nitrogens with zero attached hydrogens (tertiary/aromatic N) is 6. The Bertz CT molecular complexity index is 1020. The predicted molar refractivity (Wildman–Crippen MR) is 111 cm³/mol. The first-order valence-electron chi connectivity index (χ1n) is 9.76. The maximum Gasteiger partial charge on any atom is 0.254 e. The van der Waals surface area contributed by atoms with Crippen LogP contribution in [0.1, 0.15) is 18.2 Å². The zero-order chi connectivity index (χ0) is 20.2. The first-order chi connectivity index (χ1) is 14.1. The molecular formula is C21H24N6O2. The summed E-state index contributed by atoms with van der Waals surface area (Å²) in [6.07, 6.45) is 4.99. The van der Waals surface area contributed by atoms with Crippen LogP contribution in [0.4, 0.5) is 5.82 Å². The number of fused-ring (bicyclic) bond motifs is 1. The largest absolute Gasteiger partial charge is 0.494 e. The molecule has 29 heavy (non-hydrogen) atoms. The highest BCUT2D eigenvalue weighted by molar-refractivity contribution is 5.92. The number of hydrogen-bond donors (Lipinski definition) is 0. The number of aryl methyl sites for hydroxylation is 1. The van der Waals surface area contributed by atoms with Crippen molar-refractivity contribution in [3.8, 4) is 5.75 Å². The number of rotatable bonds is 5. The maximum absolute atomic E-state index is 12.6. The van der Waals surface area contributed by atoms with E-state index in [0.717, 1.165) is 35.9 Å². The highest BCUT2D eigenvalue weighted by Crippen LogP contribution is 2.18. The van der Waals surface area contributed by atoms with Crippen LogP contribution in [0.3, 0.4) is 0 Å². The van der Waals surface area contributed by atoms with Gasteiger partial charge in [-0.15, -0.1) is 0 Å². The minimum Gasteiger partial charge on any atom is -0.494 e. The van der Waals surface area contributed by atoms with Crippen molar-refractivity contribution < 1.29 is 9.53 Å². The second-order valence-electron chi connectivity index (χ2n) is 6.88. The molecule has 1 aliphatic rings. The Hall–Kier alpha value is -3.42. The van der Waals surface area contributed by atoms with E-state index in [2.05, 4.69) is 20.0 Å². The van der Waals surface area contributed by atoms with Crippen molar-refractivity contribution in [2.75, 3.05) is 37.7 Å². The Morgan fingerprint density at radius 2 is 1.93 bits per heavy atom. The smallest absolute Gasteiger partial charge is 0.254 e. The number of aromatic nitrogens is 4. The molecule has 4 rings (SSSR count). The van der Waals surface area contributed by atoms with E-state index in [4.69, 9.17) is 4.74 Å². The van der Waals surface area contributed by atoms with Gasteiger partial charge in [0.05, 0.1) is 6.61 Å². The summed E-state index contributed by atoms with van der Waals surface area (Å²) in [5.41, 5.74) is 1.87. The Kier molecular flexibility index (Phi) is 5.41. The Morgan fingerprint density at radius 1 is 1.17 bits per heavy atom. The zero-order valence-corrected chi connectivity index (χ0v) is 16.7. The van der Waals surface area contributed by atoms with Crippen LogP contribution in [0.5, 0.6) is 5.75 Å². The van der Waals surface area contributed by atoms with Crippen LogP contribution < -0.4 is 9.64 Å². The number of carbonyl (C=O) groups is 1. The number of amides is 1. The Balaban J connectivity index is 1.37. The van der Waals surface area contributed by atoms with E-state index in [1.54, 1.807) is 10.6 Å². The number of anilines is 1. The minimum atomic E-state index is 0.0235. The fraction of sp³-hybridized carbons (Fsp3) is 0.333. The fourth-order valence-electron chi connectivity index (χ4n) is 3.41. The lowest BCUT2D eigenvalue weighted by atomic mass is 10.2. The number of piperazine rings is 1. The number of ether oxygens (including phenoxy) is 1. The van der Waals surface area contributed by atoms with Crippen LogP contribution in [-0.2, 0) is 4.79 Å². The fourth-order valence-corrected chi connectivity index (χ4v) is 3.41. The summed E-state index contributed by atoms with van der Waals surface area (Å²) in [5, 5.41) is 4.27. The average Bonchev–Trinajstić information content (AvgIpc) is 3.21. The molecule has 3 aromatic rings. The molecule has 0 N–H and O–H groups in total. The number of hydrogen-bond acceptors (Lipinski definition) is 6. The van der Waals surface area contributed by atoms with Crippen molar-refractivity contribution in [2.45, 2.75) is 13.8 Å². The summed E-state index contributed by atoms with van der Waals surface area (Å²) >= 11 is 0. The summed E-state index contributed by atoms with van der Waals surface area (Å²) in [7, 11) is 0. The normalized spacial score (nSPS) is 14.7. The molecule has 3 heterocycles. The lowest BCUT2D eigenvalue weighted by molar-refractivity contribution is -0.126. The van der Waals surface area contributed by atoms with Gasteiger partial charge in [-0.3, -0.25) is 4.79 Å². The highest BCUT2D eigenvalue weighted by Gasteiger charge is 2.22. The van der Waals surface area contributed by atoms with Crippen molar-refractivity contribution in [1.29, 1.82) is 0 Å². The van der Waals surface area contributed by atoms with E-state index in [9.17, 15) is 4.79 Å². The second-order valence-corrected chi connectivity index (χ2v) is 6.88. The van der Waals surface area contributed by atoms with Gasteiger partial charge in [-0.25, -0.2) is 4.98 Å². The third-order valence-electron chi connectivity index (χ3n) is 4.89. The van der Waals surface area contributed by atoms with Gasteiger partial charge in [-0.1, -0.05) is 12.1 Å². The van der Waals surface area contributed by atoms with Crippen molar-refractivity contribution >= 4 is 23.6 Å². The quantitative estimate of drug-likeness (QED) is 0.620. The second kappa shape index (κ2) is 8.30. The Morgan fingerprint density at radius 3 is 2.66 bits per heavy atom. The third kappa shape index (κ3) is 4.21. The molecule has 1 aromatic carbocycles. The first kappa shape index (κ1) is 18.9. The standard InChI is InChI=1S/C21H24N6O2/c1-3-29-18-7-4-17(5-8-18)6-9-20(28)26-12-10-25(11-13-26)19-14-16(2)24-21-22-15-23-27(19)21/h4-9,14-15H,3,10-13H2,1-2H3/b9-6+. The average molecular weight is 392 g/mol. The molecule has 1 amide bonds. The molecule has 1 aliphatic heterocycles. The summed E-state index contributed by atoms with van der Waals surface area (Å²) in [4.78, 5) is 25.2. The molecule has 0 atom stereocenters. The van der Waals surface area contributed by atoms with Gasteiger partial charge >= 0.3 is 0 Å². The van der Waals surface area contributed by atoms with Crippen LogP contribution in [0.2, 0.25) is 0 Å².